The molecule has 1 fully saturated rings. The molecule has 2 aromatic rings. The van der Waals surface area contributed by atoms with Crippen LogP contribution in [-0.2, 0) is 4.74 Å². The van der Waals surface area contributed by atoms with Gasteiger partial charge in [0.05, 0.1) is 25.1 Å². The van der Waals surface area contributed by atoms with Crippen molar-refractivity contribution in [2.75, 3.05) is 31.2 Å². The highest BCUT2D eigenvalue weighted by molar-refractivity contribution is 7.78. The van der Waals surface area contributed by atoms with Gasteiger partial charge in [-0.15, -0.1) is 0 Å². The zero-order valence-electron chi connectivity index (χ0n) is 12.7. The highest BCUT2D eigenvalue weighted by Crippen LogP contribution is 2.31. The monoisotopic (exact) mass is 352 g/mol. The number of halogens is 1. The Hall–Kier alpha value is -2.33. The number of thiol groups is 1. The van der Waals surface area contributed by atoms with E-state index in [1.165, 1.54) is 12.3 Å². The number of ether oxygens (including phenoxy) is 1. The zero-order valence-corrected chi connectivity index (χ0v) is 13.6. The first kappa shape index (κ1) is 16.5. The van der Waals surface area contributed by atoms with Crippen molar-refractivity contribution >= 4 is 24.5 Å². The molecule has 3 rings (SSSR count). The largest absolute Gasteiger partial charge is 0.378 e. The summed E-state index contributed by atoms with van der Waals surface area (Å²) < 4.78 is 20.9. The Morgan fingerprint density at radius 2 is 2.21 bits per heavy atom. The average molecular weight is 352 g/mol. The molecule has 1 aromatic heterocycles. The number of anilines is 1. The summed E-state index contributed by atoms with van der Waals surface area (Å²) in [5, 5.41) is 10.1. The molecule has 0 aliphatic carbocycles. The maximum absolute atomic E-state index is 14.6. The van der Waals surface area contributed by atoms with Crippen molar-refractivity contribution in [2.24, 2.45) is 5.73 Å². The summed E-state index contributed by atoms with van der Waals surface area (Å²) in [6, 6.07) is 3.23. The Morgan fingerprint density at radius 3 is 2.79 bits per heavy atom. The van der Waals surface area contributed by atoms with Crippen LogP contribution in [0.2, 0.25) is 0 Å². The van der Waals surface area contributed by atoms with Gasteiger partial charge in [0.2, 0.25) is 0 Å². The first-order chi connectivity index (χ1) is 11.6. The number of hydrogen-bond donors (Lipinski definition) is 3. The smallest absolute Gasteiger partial charge is 0.325 e. The SMILES string of the molecule is NC(=O)N(S)C(c1ccc(N2CCOCC2)c(F)c1)c1cn[nH]n1. The number of primary amides is 1. The lowest BCUT2D eigenvalue weighted by Crippen LogP contribution is -2.37. The predicted octanol–water partition coefficient (Wildman–Crippen LogP) is 1.10. The number of rotatable bonds is 4. The summed E-state index contributed by atoms with van der Waals surface area (Å²) in [6.07, 6.45) is 1.44. The molecule has 10 heteroatoms. The number of carbonyl (C=O) groups is 1. The van der Waals surface area contributed by atoms with Crippen molar-refractivity contribution in [2.45, 2.75) is 6.04 Å². The minimum absolute atomic E-state index is 0.394. The standard InChI is InChI=1S/C14H17FN6O2S/c15-10-7-9(1-2-12(10)20-3-5-23-6-4-20)13(21(24)14(16)22)11-8-17-19-18-11/h1-2,7-8,13,24H,3-6H2,(H2,16,22)(H,17,18,19). The van der Waals surface area contributed by atoms with Crippen LogP contribution in [0.4, 0.5) is 14.9 Å². The molecule has 1 aliphatic rings. The number of nitrogens with one attached hydrogen (secondary N) is 1. The summed E-state index contributed by atoms with van der Waals surface area (Å²) >= 11 is 4.11. The van der Waals surface area contributed by atoms with Gasteiger partial charge in [-0.3, -0.25) is 4.31 Å². The molecule has 0 bridgehead atoms. The first-order valence-electron chi connectivity index (χ1n) is 7.33. The Kier molecular flexibility index (Phi) is 4.86. The van der Waals surface area contributed by atoms with Crippen LogP contribution < -0.4 is 10.6 Å². The normalized spacial score (nSPS) is 16.0. The number of benzene rings is 1. The highest BCUT2D eigenvalue weighted by Gasteiger charge is 2.27. The number of aromatic nitrogens is 3. The van der Waals surface area contributed by atoms with Crippen LogP contribution >= 0.6 is 12.8 Å². The Morgan fingerprint density at radius 1 is 1.46 bits per heavy atom. The lowest BCUT2D eigenvalue weighted by Gasteiger charge is -2.30. The molecule has 2 heterocycles. The molecule has 2 amide bonds. The van der Waals surface area contributed by atoms with Gasteiger partial charge in [-0.2, -0.15) is 15.4 Å². The molecule has 1 unspecified atom stereocenters. The number of nitrogens with two attached hydrogens (primary N) is 1. The minimum atomic E-state index is -0.774. The molecule has 1 saturated heterocycles. The molecule has 1 aromatic carbocycles. The number of H-pyrrole nitrogens is 1. The summed E-state index contributed by atoms with van der Waals surface area (Å²) in [7, 11) is 0. The Labute approximate surface area is 143 Å². The maximum Gasteiger partial charge on any atom is 0.325 e. The summed E-state index contributed by atoms with van der Waals surface area (Å²) in [6.45, 7) is 2.38. The Balaban J connectivity index is 1.94. The van der Waals surface area contributed by atoms with E-state index in [2.05, 4.69) is 28.2 Å². The van der Waals surface area contributed by atoms with Crippen LogP contribution in [0.1, 0.15) is 17.3 Å². The average Bonchev–Trinajstić information content (AvgIpc) is 3.10. The van der Waals surface area contributed by atoms with Crippen molar-refractivity contribution in [1.29, 1.82) is 0 Å². The van der Waals surface area contributed by atoms with Gasteiger partial charge in [0.1, 0.15) is 17.6 Å². The van der Waals surface area contributed by atoms with Crippen molar-refractivity contribution < 1.29 is 13.9 Å². The number of hydrogen-bond acceptors (Lipinski definition) is 6. The van der Waals surface area contributed by atoms with Crippen LogP contribution in [0.5, 0.6) is 0 Å². The van der Waals surface area contributed by atoms with Gasteiger partial charge in [0.25, 0.3) is 0 Å². The van der Waals surface area contributed by atoms with Gasteiger partial charge < -0.3 is 15.4 Å². The van der Waals surface area contributed by atoms with Crippen LogP contribution in [0.25, 0.3) is 0 Å². The van der Waals surface area contributed by atoms with E-state index in [0.29, 0.717) is 43.2 Å². The van der Waals surface area contributed by atoms with Gasteiger partial charge in [-0.05, 0) is 17.7 Å². The molecule has 8 nitrogen and oxygen atoms in total. The third-order valence-electron chi connectivity index (χ3n) is 3.82. The summed E-state index contributed by atoms with van der Waals surface area (Å²) in [5.41, 5.74) is 6.69. The van der Waals surface area contributed by atoms with Gasteiger partial charge in [-0.25, -0.2) is 9.18 Å². The molecular formula is C14H17FN6O2S. The maximum atomic E-state index is 14.6. The molecule has 0 saturated carbocycles. The number of nitrogens with zero attached hydrogens (tertiary/aromatic N) is 4. The fourth-order valence-corrected chi connectivity index (χ4v) is 2.91. The van der Waals surface area contributed by atoms with Crippen LogP contribution in [0.3, 0.4) is 0 Å². The predicted molar refractivity (Wildman–Crippen MR) is 88.1 cm³/mol. The van der Waals surface area contributed by atoms with E-state index in [1.54, 1.807) is 12.1 Å². The molecule has 3 N–H and O–H groups in total. The van der Waals surface area contributed by atoms with E-state index < -0.39 is 17.9 Å². The summed E-state index contributed by atoms with van der Waals surface area (Å²) in [5.74, 6) is -0.394. The number of amides is 2. The van der Waals surface area contributed by atoms with Crippen molar-refractivity contribution in [1.82, 2.24) is 19.7 Å². The second-order valence-corrected chi connectivity index (χ2v) is 5.72. The second kappa shape index (κ2) is 7.05. The number of urea groups is 1. The first-order valence-corrected chi connectivity index (χ1v) is 7.73. The number of aromatic amines is 1. The van der Waals surface area contributed by atoms with E-state index in [0.717, 1.165) is 4.31 Å². The van der Waals surface area contributed by atoms with E-state index >= 15 is 0 Å². The molecule has 1 aliphatic heterocycles. The number of morpholine rings is 1. The molecule has 128 valence electrons. The van der Waals surface area contributed by atoms with E-state index in [9.17, 15) is 9.18 Å². The van der Waals surface area contributed by atoms with Crippen molar-refractivity contribution in [3.8, 4) is 0 Å². The van der Waals surface area contributed by atoms with Gasteiger partial charge in [0.15, 0.2) is 0 Å². The summed E-state index contributed by atoms with van der Waals surface area (Å²) in [4.78, 5) is 13.4. The fourth-order valence-electron chi connectivity index (χ4n) is 2.66. The molecular weight excluding hydrogens is 335 g/mol. The highest BCUT2D eigenvalue weighted by atomic mass is 32.1. The van der Waals surface area contributed by atoms with Crippen molar-refractivity contribution in [3.63, 3.8) is 0 Å². The third kappa shape index (κ3) is 3.29. The lowest BCUT2D eigenvalue weighted by molar-refractivity contribution is 0.122. The lowest BCUT2D eigenvalue weighted by atomic mass is 10.0. The van der Waals surface area contributed by atoms with Crippen LogP contribution in [0.15, 0.2) is 24.4 Å². The third-order valence-corrected chi connectivity index (χ3v) is 4.25. The van der Waals surface area contributed by atoms with E-state index in [4.69, 9.17) is 10.5 Å². The molecule has 24 heavy (non-hydrogen) atoms. The van der Waals surface area contributed by atoms with Crippen LogP contribution in [-0.4, -0.2) is 52.1 Å². The quantitative estimate of drug-likeness (QED) is 0.716. The van der Waals surface area contributed by atoms with Gasteiger partial charge >= 0.3 is 6.03 Å². The Bertz CT molecular complexity index is 707. The topological polar surface area (TPSA) is 100 Å². The van der Waals surface area contributed by atoms with Crippen LogP contribution in [0, 0.1) is 5.82 Å². The molecule has 1 atom stereocenters. The van der Waals surface area contributed by atoms with E-state index in [-0.39, 0.29) is 0 Å². The second-order valence-electron chi connectivity index (χ2n) is 5.29. The fraction of sp³-hybridized carbons (Fsp3) is 0.357. The van der Waals surface area contributed by atoms with Gasteiger partial charge in [-0.1, -0.05) is 18.9 Å². The number of carbonyl (C=O) groups excluding carboxylic acids is 1. The van der Waals surface area contributed by atoms with Gasteiger partial charge in [0, 0.05) is 13.1 Å². The molecule has 0 radical (unpaired) electrons. The molecule has 0 spiro atoms. The van der Waals surface area contributed by atoms with Crippen molar-refractivity contribution in [3.05, 3.63) is 41.5 Å². The minimum Gasteiger partial charge on any atom is -0.378 e. The zero-order chi connectivity index (χ0) is 17.1. The van der Waals surface area contributed by atoms with E-state index in [1.807, 2.05) is 4.90 Å².